The lowest BCUT2D eigenvalue weighted by Crippen LogP contribution is -2.43. The minimum absolute atomic E-state index is 0.0271. The first-order chi connectivity index (χ1) is 15.3. The average molecular weight is 459 g/mol. The Labute approximate surface area is 187 Å². The van der Waals surface area contributed by atoms with Crippen molar-refractivity contribution in [1.29, 1.82) is 5.26 Å². The van der Waals surface area contributed by atoms with Gasteiger partial charge in [0.1, 0.15) is 16.6 Å². The summed E-state index contributed by atoms with van der Waals surface area (Å²) in [5.74, 6) is -0.247. The number of para-hydroxylation sites is 1. The number of hydrogen-bond acceptors (Lipinski definition) is 5. The molecule has 0 bridgehead atoms. The molecule has 1 aliphatic carbocycles. The van der Waals surface area contributed by atoms with E-state index in [-0.39, 0.29) is 18.0 Å². The fourth-order valence-corrected chi connectivity index (χ4v) is 4.97. The first kappa shape index (κ1) is 22.1. The molecular weight excluding hydrogens is 437 g/mol. The number of carbonyl (C=O) groups excluding carboxylic acids is 1. The van der Waals surface area contributed by atoms with E-state index in [9.17, 15) is 18.0 Å². The average Bonchev–Trinajstić information content (AvgIpc) is 3.27. The van der Waals surface area contributed by atoms with Crippen molar-refractivity contribution < 1.29 is 18.0 Å². The third-order valence-electron chi connectivity index (χ3n) is 5.94. The zero-order chi connectivity index (χ0) is 22.9. The Balaban J connectivity index is 1.48. The molecular formula is C23H21F3N4OS. The number of pyridine rings is 1. The van der Waals surface area contributed by atoms with Crippen LogP contribution in [-0.2, 0) is 6.18 Å². The summed E-state index contributed by atoms with van der Waals surface area (Å²) in [4.78, 5) is 18.6. The van der Waals surface area contributed by atoms with Crippen LogP contribution in [0.3, 0.4) is 0 Å². The Morgan fingerprint density at radius 2 is 1.94 bits per heavy atom. The van der Waals surface area contributed by atoms with Crippen molar-refractivity contribution in [2.75, 3.05) is 11.9 Å². The van der Waals surface area contributed by atoms with Crippen molar-refractivity contribution >= 4 is 33.8 Å². The van der Waals surface area contributed by atoms with Gasteiger partial charge in [-0.15, -0.1) is 11.3 Å². The van der Waals surface area contributed by atoms with Crippen LogP contribution in [0.2, 0.25) is 0 Å². The minimum atomic E-state index is -4.52. The van der Waals surface area contributed by atoms with Crippen molar-refractivity contribution in [3.05, 3.63) is 57.9 Å². The number of nitriles is 1. The number of nitrogens with zero attached hydrogens (tertiary/aromatic N) is 3. The molecule has 1 fully saturated rings. The summed E-state index contributed by atoms with van der Waals surface area (Å²) >= 11 is 1.24. The lowest BCUT2D eigenvalue weighted by molar-refractivity contribution is -0.140. The topological polar surface area (TPSA) is 69.0 Å². The number of halogens is 3. The van der Waals surface area contributed by atoms with E-state index in [1.807, 2.05) is 18.0 Å². The van der Waals surface area contributed by atoms with E-state index in [0.29, 0.717) is 39.9 Å². The third kappa shape index (κ3) is 4.41. The van der Waals surface area contributed by atoms with Crippen LogP contribution < -0.4 is 10.2 Å². The molecule has 166 valence electrons. The highest BCUT2D eigenvalue weighted by Crippen LogP contribution is 2.36. The van der Waals surface area contributed by atoms with Crippen LogP contribution in [0, 0.1) is 11.3 Å². The van der Waals surface area contributed by atoms with Crippen LogP contribution in [-0.4, -0.2) is 30.0 Å². The summed E-state index contributed by atoms with van der Waals surface area (Å²) in [6.45, 7) is 0. The van der Waals surface area contributed by atoms with Gasteiger partial charge in [0, 0.05) is 30.2 Å². The van der Waals surface area contributed by atoms with Gasteiger partial charge in [0.2, 0.25) is 0 Å². The van der Waals surface area contributed by atoms with Crippen LogP contribution in [0.5, 0.6) is 0 Å². The van der Waals surface area contributed by atoms with Crippen molar-refractivity contribution in [2.45, 2.75) is 43.9 Å². The van der Waals surface area contributed by atoms with Crippen molar-refractivity contribution in [3.8, 4) is 6.07 Å². The Morgan fingerprint density at radius 1 is 1.22 bits per heavy atom. The second-order valence-corrected chi connectivity index (χ2v) is 8.82. The van der Waals surface area contributed by atoms with Gasteiger partial charge in [0.25, 0.3) is 5.91 Å². The fourth-order valence-electron chi connectivity index (χ4n) is 4.22. The molecule has 1 aromatic carbocycles. The second kappa shape index (κ2) is 8.79. The fraction of sp³-hybridized carbons (Fsp3) is 0.348. The zero-order valence-electron chi connectivity index (χ0n) is 17.3. The molecule has 5 nitrogen and oxygen atoms in total. The molecule has 3 aromatic rings. The standard InChI is InChI=1S/C23H21F3N4OS/c1-30(19-12-20(23(24,25)26)29-18-5-3-2-4-17(18)19)16-8-6-15(7-9-16)28-22(31)21-14(13-27)10-11-32-21/h2-5,10-12,15-16H,6-9H2,1H3,(H,28,31). The summed E-state index contributed by atoms with van der Waals surface area (Å²) < 4.78 is 40.2. The Hall–Kier alpha value is -3.12. The number of aromatic nitrogens is 1. The van der Waals surface area contributed by atoms with Gasteiger partial charge in [0.15, 0.2) is 0 Å². The normalized spacial score (nSPS) is 18.8. The lowest BCUT2D eigenvalue weighted by atomic mass is 9.89. The van der Waals surface area contributed by atoms with Gasteiger partial charge in [-0.3, -0.25) is 4.79 Å². The molecule has 0 unspecified atom stereocenters. The van der Waals surface area contributed by atoms with E-state index >= 15 is 0 Å². The van der Waals surface area contributed by atoms with Crippen LogP contribution in [0.1, 0.15) is 46.6 Å². The Morgan fingerprint density at radius 3 is 2.62 bits per heavy atom. The molecule has 0 atom stereocenters. The van der Waals surface area contributed by atoms with Crippen LogP contribution in [0.4, 0.5) is 18.9 Å². The molecule has 0 saturated heterocycles. The summed E-state index contributed by atoms with van der Waals surface area (Å²) in [6.07, 6.45) is -1.64. The Kier molecular flexibility index (Phi) is 6.07. The van der Waals surface area contributed by atoms with E-state index in [1.54, 1.807) is 35.7 Å². The van der Waals surface area contributed by atoms with Crippen LogP contribution >= 0.6 is 11.3 Å². The molecule has 32 heavy (non-hydrogen) atoms. The van der Waals surface area contributed by atoms with E-state index in [0.717, 1.165) is 18.9 Å². The molecule has 0 aliphatic heterocycles. The van der Waals surface area contributed by atoms with Crippen LogP contribution in [0.15, 0.2) is 41.8 Å². The predicted octanol–water partition coefficient (Wildman–Crippen LogP) is 5.36. The molecule has 4 rings (SSSR count). The number of amides is 1. The SMILES string of the molecule is CN(c1cc(C(F)(F)F)nc2ccccc12)C1CCC(NC(=O)c2sccc2C#N)CC1. The summed E-state index contributed by atoms with van der Waals surface area (Å²) in [5.41, 5.74) is 0.288. The van der Waals surface area contributed by atoms with Gasteiger partial charge in [-0.1, -0.05) is 18.2 Å². The van der Waals surface area contributed by atoms with Gasteiger partial charge in [-0.25, -0.2) is 4.98 Å². The predicted molar refractivity (Wildman–Crippen MR) is 118 cm³/mol. The van der Waals surface area contributed by atoms with E-state index < -0.39 is 11.9 Å². The van der Waals surface area contributed by atoms with Gasteiger partial charge < -0.3 is 10.2 Å². The Bertz CT molecular complexity index is 1180. The number of nitrogens with one attached hydrogen (secondary N) is 1. The first-order valence-electron chi connectivity index (χ1n) is 10.3. The quantitative estimate of drug-likeness (QED) is 0.571. The smallest absolute Gasteiger partial charge is 0.371 e. The van der Waals surface area contributed by atoms with Crippen LogP contribution in [0.25, 0.3) is 10.9 Å². The number of fused-ring (bicyclic) bond motifs is 1. The molecule has 9 heteroatoms. The summed E-state index contributed by atoms with van der Waals surface area (Å²) in [6, 6.07) is 11.6. The van der Waals surface area contributed by atoms with E-state index in [4.69, 9.17) is 5.26 Å². The minimum Gasteiger partial charge on any atom is -0.371 e. The highest BCUT2D eigenvalue weighted by molar-refractivity contribution is 7.12. The first-order valence-corrected chi connectivity index (χ1v) is 11.1. The van der Waals surface area contributed by atoms with Crippen molar-refractivity contribution in [2.24, 2.45) is 0 Å². The molecule has 2 heterocycles. The number of anilines is 1. The van der Waals surface area contributed by atoms with E-state index in [2.05, 4.69) is 10.3 Å². The largest absolute Gasteiger partial charge is 0.433 e. The molecule has 0 radical (unpaired) electrons. The number of benzene rings is 1. The highest BCUT2D eigenvalue weighted by Gasteiger charge is 2.34. The van der Waals surface area contributed by atoms with Gasteiger partial charge in [-0.05, 0) is 49.3 Å². The molecule has 1 saturated carbocycles. The van der Waals surface area contributed by atoms with E-state index in [1.165, 1.54) is 11.3 Å². The maximum absolute atomic E-state index is 13.4. The number of carbonyl (C=O) groups is 1. The lowest BCUT2D eigenvalue weighted by Gasteiger charge is -2.37. The number of rotatable bonds is 4. The van der Waals surface area contributed by atoms with Gasteiger partial charge >= 0.3 is 6.18 Å². The molecule has 1 amide bonds. The maximum Gasteiger partial charge on any atom is 0.433 e. The molecule has 1 N–H and O–H groups in total. The molecule has 0 spiro atoms. The second-order valence-electron chi connectivity index (χ2n) is 7.91. The number of thiophene rings is 1. The molecule has 1 aliphatic rings. The number of hydrogen-bond donors (Lipinski definition) is 1. The molecule has 2 aromatic heterocycles. The summed E-state index contributed by atoms with van der Waals surface area (Å²) in [5, 5.41) is 14.5. The zero-order valence-corrected chi connectivity index (χ0v) is 18.1. The third-order valence-corrected chi connectivity index (χ3v) is 6.85. The number of alkyl halides is 3. The summed E-state index contributed by atoms with van der Waals surface area (Å²) in [7, 11) is 1.82. The van der Waals surface area contributed by atoms with Crippen molar-refractivity contribution in [1.82, 2.24) is 10.3 Å². The van der Waals surface area contributed by atoms with Gasteiger partial charge in [0.05, 0.1) is 11.1 Å². The maximum atomic E-state index is 13.4. The van der Waals surface area contributed by atoms with Gasteiger partial charge in [-0.2, -0.15) is 18.4 Å². The monoisotopic (exact) mass is 458 g/mol. The van der Waals surface area contributed by atoms with Crippen molar-refractivity contribution in [3.63, 3.8) is 0 Å². The highest BCUT2D eigenvalue weighted by atomic mass is 32.1.